The van der Waals surface area contributed by atoms with E-state index in [0.29, 0.717) is 18.9 Å². The number of aromatic nitrogens is 2. The molecule has 1 fully saturated rings. The summed E-state index contributed by atoms with van der Waals surface area (Å²) in [6, 6.07) is 15.9. The SMILES string of the molecule is O=C(N1CCCN(c2nccc(-c3ccc4ccccc4c3)n2)CC1)C(F)(F)F. The summed E-state index contributed by atoms with van der Waals surface area (Å²) in [4.78, 5) is 23.1. The fourth-order valence-electron chi connectivity index (χ4n) is 3.51. The molecule has 4 rings (SSSR count). The molecule has 5 nitrogen and oxygen atoms in total. The number of carbonyl (C=O) groups is 1. The summed E-state index contributed by atoms with van der Waals surface area (Å²) in [7, 11) is 0. The first-order valence-electron chi connectivity index (χ1n) is 9.35. The number of fused-ring (bicyclic) bond motifs is 1. The third-order valence-corrected chi connectivity index (χ3v) is 5.00. The van der Waals surface area contributed by atoms with Crippen LogP contribution in [-0.2, 0) is 4.79 Å². The van der Waals surface area contributed by atoms with Gasteiger partial charge in [-0.1, -0.05) is 36.4 Å². The van der Waals surface area contributed by atoms with E-state index in [1.807, 2.05) is 53.4 Å². The van der Waals surface area contributed by atoms with E-state index < -0.39 is 12.1 Å². The van der Waals surface area contributed by atoms with Crippen LogP contribution in [0, 0.1) is 0 Å². The van der Waals surface area contributed by atoms with Crippen LogP contribution >= 0.6 is 0 Å². The molecule has 2 aromatic carbocycles. The van der Waals surface area contributed by atoms with E-state index in [9.17, 15) is 18.0 Å². The van der Waals surface area contributed by atoms with Gasteiger partial charge < -0.3 is 9.80 Å². The monoisotopic (exact) mass is 400 g/mol. The quantitative estimate of drug-likeness (QED) is 0.655. The van der Waals surface area contributed by atoms with E-state index in [1.54, 1.807) is 6.20 Å². The zero-order chi connectivity index (χ0) is 20.4. The molecule has 0 aliphatic carbocycles. The van der Waals surface area contributed by atoms with E-state index in [4.69, 9.17) is 0 Å². The second kappa shape index (κ2) is 7.69. The second-order valence-electron chi connectivity index (χ2n) is 6.93. The molecule has 3 aromatic rings. The minimum atomic E-state index is -4.85. The van der Waals surface area contributed by atoms with Crippen molar-refractivity contribution in [1.82, 2.24) is 14.9 Å². The summed E-state index contributed by atoms with van der Waals surface area (Å²) in [6.07, 6.45) is -2.77. The molecule has 8 heteroatoms. The summed E-state index contributed by atoms with van der Waals surface area (Å²) in [5, 5.41) is 2.23. The number of nitrogens with zero attached hydrogens (tertiary/aromatic N) is 4. The fraction of sp³-hybridized carbons (Fsp3) is 0.286. The van der Waals surface area contributed by atoms with E-state index in [-0.39, 0.29) is 19.6 Å². The molecule has 1 saturated heterocycles. The van der Waals surface area contributed by atoms with Gasteiger partial charge in [-0.05, 0) is 29.3 Å². The van der Waals surface area contributed by atoms with E-state index in [0.717, 1.165) is 26.9 Å². The van der Waals surface area contributed by atoms with Gasteiger partial charge in [0.2, 0.25) is 5.95 Å². The topological polar surface area (TPSA) is 49.3 Å². The van der Waals surface area contributed by atoms with Crippen LogP contribution in [0.15, 0.2) is 54.7 Å². The van der Waals surface area contributed by atoms with Crippen LogP contribution < -0.4 is 4.90 Å². The Hall–Kier alpha value is -3.16. The van der Waals surface area contributed by atoms with Crippen molar-refractivity contribution in [2.24, 2.45) is 0 Å². The van der Waals surface area contributed by atoms with Crippen molar-refractivity contribution >= 4 is 22.6 Å². The molecule has 0 radical (unpaired) electrons. The number of anilines is 1. The van der Waals surface area contributed by atoms with Gasteiger partial charge in [-0.3, -0.25) is 4.79 Å². The van der Waals surface area contributed by atoms with Crippen molar-refractivity contribution in [2.75, 3.05) is 31.1 Å². The molecular formula is C21H19F3N4O. The molecule has 0 saturated carbocycles. The molecular weight excluding hydrogens is 381 g/mol. The summed E-state index contributed by atoms with van der Waals surface area (Å²) >= 11 is 0. The Bertz CT molecular complexity index is 1040. The highest BCUT2D eigenvalue weighted by Crippen LogP contribution is 2.25. The Morgan fingerprint density at radius 1 is 0.931 bits per heavy atom. The zero-order valence-electron chi connectivity index (χ0n) is 15.6. The average Bonchev–Trinajstić information content (AvgIpc) is 2.98. The van der Waals surface area contributed by atoms with Gasteiger partial charge in [-0.15, -0.1) is 0 Å². The van der Waals surface area contributed by atoms with Gasteiger partial charge in [-0.2, -0.15) is 13.2 Å². The molecule has 1 aliphatic heterocycles. The highest BCUT2D eigenvalue weighted by atomic mass is 19.4. The molecule has 150 valence electrons. The van der Waals surface area contributed by atoms with Crippen molar-refractivity contribution in [3.05, 3.63) is 54.7 Å². The maximum atomic E-state index is 12.7. The number of hydrogen-bond acceptors (Lipinski definition) is 4. The normalized spacial score (nSPS) is 15.4. The van der Waals surface area contributed by atoms with Crippen molar-refractivity contribution in [2.45, 2.75) is 12.6 Å². The molecule has 0 spiro atoms. The number of rotatable bonds is 2. The molecule has 0 N–H and O–H groups in total. The third kappa shape index (κ3) is 4.16. The lowest BCUT2D eigenvalue weighted by molar-refractivity contribution is -0.185. The molecule has 2 heterocycles. The minimum Gasteiger partial charge on any atom is -0.339 e. The lowest BCUT2D eigenvalue weighted by Gasteiger charge is -2.23. The minimum absolute atomic E-state index is 0.0120. The Labute approximate surface area is 165 Å². The summed E-state index contributed by atoms with van der Waals surface area (Å²) in [6.45, 7) is 0.799. The number of benzene rings is 2. The molecule has 29 heavy (non-hydrogen) atoms. The van der Waals surface area contributed by atoms with Crippen LogP contribution in [-0.4, -0.2) is 53.1 Å². The molecule has 1 aliphatic rings. The van der Waals surface area contributed by atoms with Crippen molar-refractivity contribution < 1.29 is 18.0 Å². The lowest BCUT2D eigenvalue weighted by atomic mass is 10.1. The van der Waals surface area contributed by atoms with Gasteiger partial charge in [-0.25, -0.2) is 9.97 Å². The van der Waals surface area contributed by atoms with Crippen LogP contribution in [0.2, 0.25) is 0 Å². The summed E-state index contributed by atoms with van der Waals surface area (Å²) < 4.78 is 38.1. The van der Waals surface area contributed by atoms with Gasteiger partial charge >= 0.3 is 12.1 Å². The highest BCUT2D eigenvalue weighted by molar-refractivity contribution is 5.86. The fourth-order valence-corrected chi connectivity index (χ4v) is 3.51. The number of alkyl halides is 3. The van der Waals surface area contributed by atoms with Crippen molar-refractivity contribution in [3.8, 4) is 11.3 Å². The number of carbonyl (C=O) groups excluding carboxylic acids is 1. The Morgan fingerprint density at radius 3 is 2.52 bits per heavy atom. The summed E-state index contributed by atoms with van der Waals surface area (Å²) in [5.41, 5.74) is 1.68. The molecule has 0 bridgehead atoms. The third-order valence-electron chi connectivity index (χ3n) is 5.00. The van der Waals surface area contributed by atoms with Crippen LogP contribution in [0.25, 0.3) is 22.0 Å². The Balaban J connectivity index is 1.54. The largest absolute Gasteiger partial charge is 0.471 e. The van der Waals surface area contributed by atoms with Gasteiger partial charge in [0, 0.05) is 37.9 Å². The number of halogens is 3. The smallest absolute Gasteiger partial charge is 0.339 e. The second-order valence-corrected chi connectivity index (χ2v) is 6.93. The van der Waals surface area contributed by atoms with Crippen LogP contribution in [0.3, 0.4) is 0 Å². The first-order chi connectivity index (χ1) is 13.9. The Morgan fingerprint density at radius 2 is 1.72 bits per heavy atom. The number of amides is 1. The van der Waals surface area contributed by atoms with Crippen LogP contribution in [0.4, 0.5) is 19.1 Å². The molecule has 1 amide bonds. The maximum Gasteiger partial charge on any atom is 0.471 e. The van der Waals surface area contributed by atoms with Gasteiger partial charge in [0.1, 0.15) is 0 Å². The average molecular weight is 400 g/mol. The zero-order valence-corrected chi connectivity index (χ0v) is 15.6. The van der Waals surface area contributed by atoms with Gasteiger partial charge in [0.05, 0.1) is 5.69 Å². The Kier molecular flexibility index (Phi) is 5.08. The standard InChI is InChI=1S/C21H19F3N4O/c22-21(23,24)19(29)27-10-3-11-28(13-12-27)20-25-9-8-18(26-20)17-7-6-15-4-1-2-5-16(15)14-17/h1-2,4-9,14H,3,10-13H2. The first kappa shape index (κ1) is 19.2. The lowest BCUT2D eigenvalue weighted by Crippen LogP contribution is -2.43. The van der Waals surface area contributed by atoms with E-state index in [1.165, 1.54) is 0 Å². The number of hydrogen-bond donors (Lipinski definition) is 0. The highest BCUT2D eigenvalue weighted by Gasteiger charge is 2.42. The van der Waals surface area contributed by atoms with Crippen LogP contribution in [0.1, 0.15) is 6.42 Å². The van der Waals surface area contributed by atoms with E-state index in [2.05, 4.69) is 9.97 Å². The summed E-state index contributed by atoms with van der Waals surface area (Å²) in [5.74, 6) is -1.33. The molecule has 0 atom stereocenters. The van der Waals surface area contributed by atoms with E-state index >= 15 is 0 Å². The predicted molar refractivity (Wildman–Crippen MR) is 104 cm³/mol. The first-order valence-corrected chi connectivity index (χ1v) is 9.35. The van der Waals surface area contributed by atoms with Gasteiger partial charge in [0.15, 0.2) is 0 Å². The van der Waals surface area contributed by atoms with Gasteiger partial charge in [0.25, 0.3) is 0 Å². The maximum absolute atomic E-state index is 12.7. The molecule has 0 unspecified atom stereocenters. The predicted octanol–water partition coefficient (Wildman–Crippen LogP) is 3.90. The van der Waals surface area contributed by atoms with Crippen LogP contribution in [0.5, 0.6) is 0 Å². The van der Waals surface area contributed by atoms with Crippen molar-refractivity contribution in [1.29, 1.82) is 0 Å². The van der Waals surface area contributed by atoms with Crippen molar-refractivity contribution in [3.63, 3.8) is 0 Å². The molecule has 1 aromatic heterocycles.